The summed E-state index contributed by atoms with van der Waals surface area (Å²) in [4.78, 5) is 23.9. The van der Waals surface area contributed by atoms with Crippen LogP contribution in [0.25, 0.3) is 0 Å². The van der Waals surface area contributed by atoms with Crippen LogP contribution in [0.4, 0.5) is 5.69 Å². The average Bonchev–Trinajstić information content (AvgIpc) is 3.15. The van der Waals surface area contributed by atoms with Crippen molar-refractivity contribution in [3.05, 3.63) is 28.8 Å². The molecule has 0 saturated carbocycles. The third kappa shape index (κ3) is 3.29. The first kappa shape index (κ1) is 18.6. The molecule has 1 amide bonds. The van der Waals surface area contributed by atoms with E-state index >= 15 is 0 Å². The number of amidine groups is 1. The van der Waals surface area contributed by atoms with Crippen molar-refractivity contribution >= 4 is 29.0 Å². The lowest BCUT2D eigenvalue weighted by molar-refractivity contribution is -0.132. The number of rotatable bonds is 4. The molecule has 1 N–H and O–H groups in total. The second-order valence-corrected chi connectivity index (χ2v) is 7.98. The lowest BCUT2D eigenvalue weighted by atomic mass is 9.90. The number of aliphatic imine (C=N–C) groups is 1. The van der Waals surface area contributed by atoms with E-state index in [1.54, 1.807) is 0 Å². The molecule has 27 heavy (non-hydrogen) atoms. The van der Waals surface area contributed by atoms with Crippen LogP contribution in [0, 0.1) is 0 Å². The third-order valence-corrected chi connectivity index (χ3v) is 6.34. The van der Waals surface area contributed by atoms with Crippen LogP contribution in [0.5, 0.6) is 0 Å². The molecule has 1 saturated heterocycles. The highest BCUT2D eigenvalue weighted by molar-refractivity contribution is 6.31. The molecule has 3 aliphatic rings. The Labute approximate surface area is 166 Å². The van der Waals surface area contributed by atoms with E-state index in [-0.39, 0.29) is 11.6 Å². The van der Waals surface area contributed by atoms with E-state index in [0.29, 0.717) is 6.54 Å². The number of piperidine rings is 1. The zero-order valence-electron chi connectivity index (χ0n) is 16.2. The monoisotopic (exact) mass is 389 g/mol. The number of nitrogens with one attached hydrogen (secondary N) is 1. The molecular weight excluding hydrogens is 362 g/mol. The maximum atomic E-state index is 12.4. The highest BCUT2D eigenvalue weighted by Crippen LogP contribution is 2.40. The van der Waals surface area contributed by atoms with Crippen LogP contribution >= 0.6 is 11.6 Å². The van der Waals surface area contributed by atoms with E-state index in [4.69, 9.17) is 16.6 Å². The first-order valence-corrected chi connectivity index (χ1v) is 10.3. The van der Waals surface area contributed by atoms with Gasteiger partial charge in [-0.25, -0.2) is 0 Å². The lowest BCUT2D eigenvalue weighted by Gasteiger charge is -2.52. The van der Waals surface area contributed by atoms with Gasteiger partial charge in [-0.05, 0) is 32.0 Å². The van der Waals surface area contributed by atoms with Crippen LogP contribution in [-0.2, 0) is 4.79 Å². The largest absolute Gasteiger partial charge is 0.362 e. The Hall–Kier alpha value is -1.79. The number of carbonyl (C=O) groups excluding carboxylic acids is 1. The van der Waals surface area contributed by atoms with E-state index in [0.717, 1.165) is 74.2 Å². The van der Waals surface area contributed by atoms with E-state index in [2.05, 4.69) is 21.2 Å². The molecular formula is C20H28ClN5O. The van der Waals surface area contributed by atoms with Gasteiger partial charge in [-0.15, -0.1) is 0 Å². The Morgan fingerprint density at radius 3 is 2.70 bits per heavy atom. The minimum Gasteiger partial charge on any atom is -0.362 e. The van der Waals surface area contributed by atoms with Crippen molar-refractivity contribution in [1.29, 1.82) is 0 Å². The molecule has 0 bridgehead atoms. The minimum atomic E-state index is -0.123. The van der Waals surface area contributed by atoms with E-state index in [1.807, 2.05) is 30.9 Å². The van der Waals surface area contributed by atoms with Crippen molar-refractivity contribution in [2.45, 2.75) is 32.4 Å². The number of hydrogen-bond donors (Lipinski definition) is 1. The van der Waals surface area contributed by atoms with Crippen molar-refractivity contribution in [3.8, 4) is 0 Å². The number of likely N-dealkylation sites (N-methyl/N-ethyl adjacent to an activating group) is 1. The number of carbonyl (C=O) groups is 1. The second kappa shape index (κ2) is 7.32. The fourth-order valence-electron chi connectivity index (χ4n) is 4.57. The molecule has 4 rings (SSSR count). The fraction of sp³-hybridized carbons (Fsp3) is 0.600. The summed E-state index contributed by atoms with van der Waals surface area (Å²) in [6, 6.07) is 6.00. The van der Waals surface area contributed by atoms with E-state index < -0.39 is 0 Å². The lowest BCUT2D eigenvalue weighted by Crippen LogP contribution is -2.63. The normalized spacial score (nSPS) is 20.7. The number of hydrogen-bond acceptors (Lipinski definition) is 5. The van der Waals surface area contributed by atoms with Crippen molar-refractivity contribution in [2.75, 3.05) is 51.1 Å². The van der Waals surface area contributed by atoms with Crippen LogP contribution in [0.1, 0.15) is 32.3 Å². The molecule has 3 heterocycles. The van der Waals surface area contributed by atoms with Crippen molar-refractivity contribution in [2.24, 2.45) is 4.99 Å². The van der Waals surface area contributed by atoms with Gasteiger partial charge in [0.25, 0.3) is 0 Å². The van der Waals surface area contributed by atoms with Gasteiger partial charge in [0, 0.05) is 61.8 Å². The van der Waals surface area contributed by atoms with Gasteiger partial charge in [-0.1, -0.05) is 11.6 Å². The molecule has 0 unspecified atom stereocenters. The topological polar surface area (TPSA) is 51.2 Å². The van der Waals surface area contributed by atoms with Gasteiger partial charge in [0.1, 0.15) is 11.5 Å². The zero-order valence-corrected chi connectivity index (χ0v) is 16.9. The molecule has 7 heteroatoms. The van der Waals surface area contributed by atoms with Gasteiger partial charge in [-0.3, -0.25) is 14.7 Å². The van der Waals surface area contributed by atoms with Gasteiger partial charge in [-0.2, -0.15) is 0 Å². The smallest absolute Gasteiger partial charge is 0.236 e. The standard InChI is InChI=1S/C20H28ClN5O/c1-3-25(4-2)18(27)14-24-10-7-20(8-11-24)23-17-13-15(21)5-6-16(17)19-22-9-12-26(19)20/h5-6,13,23H,3-4,7-12,14H2,1-2H3. The number of benzene rings is 1. The molecule has 1 fully saturated rings. The summed E-state index contributed by atoms with van der Waals surface area (Å²) >= 11 is 6.24. The summed E-state index contributed by atoms with van der Waals surface area (Å²) in [6.07, 6.45) is 1.92. The molecule has 1 aromatic rings. The van der Waals surface area contributed by atoms with Gasteiger partial charge in [0.2, 0.25) is 5.91 Å². The summed E-state index contributed by atoms with van der Waals surface area (Å²) in [5.74, 6) is 1.32. The summed E-state index contributed by atoms with van der Waals surface area (Å²) in [7, 11) is 0. The first-order valence-electron chi connectivity index (χ1n) is 9.96. The quantitative estimate of drug-likeness (QED) is 0.859. The summed E-state index contributed by atoms with van der Waals surface area (Å²) < 4.78 is 0. The predicted molar refractivity (Wildman–Crippen MR) is 110 cm³/mol. The Bertz CT molecular complexity index is 753. The van der Waals surface area contributed by atoms with Crippen LogP contribution in [0.2, 0.25) is 5.02 Å². The number of amides is 1. The number of fused-ring (bicyclic) bond motifs is 4. The fourth-order valence-corrected chi connectivity index (χ4v) is 4.74. The molecule has 0 aliphatic carbocycles. The number of halogens is 1. The van der Waals surface area contributed by atoms with Crippen molar-refractivity contribution in [3.63, 3.8) is 0 Å². The Morgan fingerprint density at radius 1 is 1.26 bits per heavy atom. The molecule has 146 valence electrons. The van der Waals surface area contributed by atoms with Crippen LogP contribution < -0.4 is 5.32 Å². The number of likely N-dealkylation sites (tertiary alicyclic amines) is 1. The van der Waals surface area contributed by atoms with Crippen LogP contribution in [0.3, 0.4) is 0 Å². The van der Waals surface area contributed by atoms with Gasteiger partial charge in [0.15, 0.2) is 0 Å². The minimum absolute atomic E-state index is 0.123. The summed E-state index contributed by atoms with van der Waals surface area (Å²) in [6.45, 7) is 9.73. The number of anilines is 1. The van der Waals surface area contributed by atoms with Gasteiger partial charge < -0.3 is 15.1 Å². The molecule has 3 aliphatic heterocycles. The van der Waals surface area contributed by atoms with Gasteiger partial charge in [0.05, 0.1) is 13.1 Å². The van der Waals surface area contributed by atoms with Gasteiger partial charge >= 0.3 is 0 Å². The number of nitrogens with zero attached hydrogens (tertiary/aromatic N) is 4. The Kier molecular flexibility index (Phi) is 5.03. The maximum Gasteiger partial charge on any atom is 0.236 e. The zero-order chi connectivity index (χ0) is 19.0. The van der Waals surface area contributed by atoms with E-state index in [1.165, 1.54) is 0 Å². The summed E-state index contributed by atoms with van der Waals surface area (Å²) in [5, 5.41) is 4.52. The van der Waals surface area contributed by atoms with E-state index in [9.17, 15) is 4.79 Å². The van der Waals surface area contributed by atoms with Crippen LogP contribution in [-0.4, -0.2) is 77.9 Å². The molecule has 6 nitrogen and oxygen atoms in total. The molecule has 0 aromatic heterocycles. The predicted octanol–water partition coefficient (Wildman–Crippen LogP) is 2.49. The SMILES string of the molecule is CCN(CC)C(=O)CN1CCC2(CC1)Nc1cc(Cl)ccc1C1=NCCN12. The van der Waals surface area contributed by atoms with Crippen molar-refractivity contribution in [1.82, 2.24) is 14.7 Å². The van der Waals surface area contributed by atoms with Crippen LogP contribution in [0.15, 0.2) is 23.2 Å². The van der Waals surface area contributed by atoms with Crippen molar-refractivity contribution < 1.29 is 4.79 Å². The highest BCUT2D eigenvalue weighted by atomic mass is 35.5. The Morgan fingerprint density at radius 2 is 2.00 bits per heavy atom. The first-order chi connectivity index (χ1) is 13.1. The molecule has 1 spiro atoms. The third-order valence-electron chi connectivity index (χ3n) is 6.11. The molecule has 1 aromatic carbocycles. The molecule has 0 radical (unpaired) electrons. The second-order valence-electron chi connectivity index (χ2n) is 7.55. The highest BCUT2D eigenvalue weighted by Gasteiger charge is 2.46. The average molecular weight is 390 g/mol. The molecule has 0 atom stereocenters. The summed E-state index contributed by atoms with van der Waals surface area (Å²) in [5.41, 5.74) is 2.09. The maximum absolute atomic E-state index is 12.4. The Balaban J connectivity index is 1.49.